The molecule has 3 nitrogen and oxygen atoms in total. The second-order valence-electron chi connectivity index (χ2n) is 4.84. The number of rotatable bonds is 9. The first-order chi connectivity index (χ1) is 9.69. The molecule has 0 fully saturated rings. The summed E-state index contributed by atoms with van der Waals surface area (Å²) in [6.07, 6.45) is 5.89. The number of ether oxygens (including phenoxy) is 1. The van der Waals surface area contributed by atoms with Gasteiger partial charge in [0.25, 0.3) is 0 Å². The van der Waals surface area contributed by atoms with Crippen molar-refractivity contribution in [2.75, 3.05) is 13.7 Å². The highest BCUT2D eigenvalue weighted by Gasteiger charge is 2.16. The first kappa shape index (κ1) is 16.8. The van der Waals surface area contributed by atoms with Crippen LogP contribution < -0.4 is 10.1 Å². The maximum Gasteiger partial charge on any atom is 0.242 e. The minimum Gasteiger partial charge on any atom is -0.497 e. The predicted molar refractivity (Wildman–Crippen MR) is 83.4 cm³/mol. The van der Waals surface area contributed by atoms with Crippen LogP contribution >= 0.6 is 11.6 Å². The van der Waals surface area contributed by atoms with Gasteiger partial charge in [0.1, 0.15) is 11.1 Å². The number of halogens is 1. The Morgan fingerprint density at radius 1 is 1.20 bits per heavy atom. The molecule has 0 saturated carbocycles. The van der Waals surface area contributed by atoms with E-state index in [1.54, 1.807) is 7.11 Å². The Balaban J connectivity index is 2.31. The Hall–Kier alpha value is -1.22. The molecule has 0 saturated heterocycles. The Morgan fingerprint density at radius 3 is 2.45 bits per heavy atom. The normalized spacial score (nSPS) is 11.9. The predicted octanol–water partition coefficient (Wildman–Crippen LogP) is 4.06. The molecule has 0 aliphatic carbocycles. The van der Waals surface area contributed by atoms with Crippen LogP contribution in [-0.2, 0) is 4.79 Å². The fourth-order valence-electron chi connectivity index (χ4n) is 1.95. The Morgan fingerprint density at radius 2 is 1.85 bits per heavy atom. The van der Waals surface area contributed by atoms with Gasteiger partial charge >= 0.3 is 0 Å². The Kier molecular flexibility index (Phi) is 8.12. The van der Waals surface area contributed by atoms with E-state index < -0.39 is 5.38 Å². The average molecular weight is 298 g/mol. The van der Waals surface area contributed by atoms with E-state index in [1.165, 1.54) is 19.3 Å². The summed E-state index contributed by atoms with van der Waals surface area (Å²) < 4.78 is 5.08. The molecular weight excluding hydrogens is 274 g/mol. The molecule has 0 spiro atoms. The summed E-state index contributed by atoms with van der Waals surface area (Å²) in [4.78, 5) is 11.9. The SMILES string of the molecule is CCCCCCCNC(=O)C(Cl)c1ccc(OC)cc1. The van der Waals surface area contributed by atoms with Gasteiger partial charge in [0.05, 0.1) is 7.11 Å². The highest BCUT2D eigenvalue weighted by Crippen LogP contribution is 2.23. The number of methoxy groups -OCH3 is 1. The van der Waals surface area contributed by atoms with Gasteiger partial charge in [0.15, 0.2) is 0 Å². The van der Waals surface area contributed by atoms with E-state index in [2.05, 4.69) is 12.2 Å². The van der Waals surface area contributed by atoms with Crippen molar-refractivity contribution < 1.29 is 9.53 Å². The molecule has 4 heteroatoms. The smallest absolute Gasteiger partial charge is 0.242 e. The standard InChI is InChI=1S/C16H24ClNO2/c1-3-4-5-6-7-12-18-16(19)15(17)13-8-10-14(20-2)11-9-13/h8-11,15H,3-7,12H2,1-2H3,(H,18,19). The van der Waals surface area contributed by atoms with E-state index >= 15 is 0 Å². The van der Waals surface area contributed by atoms with Crippen molar-refractivity contribution in [3.05, 3.63) is 29.8 Å². The molecule has 1 aromatic carbocycles. The second-order valence-corrected chi connectivity index (χ2v) is 5.28. The minimum atomic E-state index is -0.642. The van der Waals surface area contributed by atoms with Crippen molar-refractivity contribution in [2.24, 2.45) is 0 Å². The fraction of sp³-hybridized carbons (Fsp3) is 0.562. The van der Waals surface area contributed by atoms with Crippen LogP contribution in [0.1, 0.15) is 50.0 Å². The molecule has 0 bridgehead atoms. The van der Waals surface area contributed by atoms with Gasteiger partial charge in [-0.15, -0.1) is 11.6 Å². The molecule has 1 N–H and O–H groups in total. The van der Waals surface area contributed by atoms with Crippen molar-refractivity contribution in [3.8, 4) is 5.75 Å². The molecule has 20 heavy (non-hydrogen) atoms. The van der Waals surface area contributed by atoms with Gasteiger partial charge in [0.2, 0.25) is 5.91 Å². The summed E-state index contributed by atoms with van der Waals surface area (Å²) in [5.74, 6) is 0.626. The molecule has 1 aromatic rings. The zero-order chi connectivity index (χ0) is 14.8. The molecule has 0 aromatic heterocycles. The van der Waals surface area contributed by atoms with E-state index in [-0.39, 0.29) is 5.91 Å². The Labute approximate surface area is 126 Å². The highest BCUT2D eigenvalue weighted by atomic mass is 35.5. The molecule has 0 aliphatic rings. The number of alkyl halides is 1. The number of benzene rings is 1. The van der Waals surface area contributed by atoms with E-state index in [0.29, 0.717) is 6.54 Å². The van der Waals surface area contributed by atoms with Crippen LogP contribution in [0.4, 0.5) is 0 Å². The molecular formula is C16H24ClNO2. The minimum absolute atomic E-state index is 0.132. The van der Waals surface area contributed by atoms with Crippen LogP contribution in [0.2, 0.25) is 0 Å². The summed E-state index contributed by atoms with van der Waals surface area (Å²) in [5, 5.41) is 2.24. The molecule has 1 atom stereocenters. The van der Waals surface area contributed by atoms with E-state index in [0.717, 1.165) is 24.2 Å². The van der Waals surface area contributed by atoms with Crippen LogP contribution in [0, 0.1) is 0 Å². The lowest BCUT2D eigenvalue weighted by Gasteiger charge is -2.11. The summed E-state index contributed by atoms with van der Waals surface area (Å²) in [7, 11) is 1.61. The highest BCUT2D eigenvalue weighted by molar-refractivity contribution is 6.30. The van der Waals surface area contributed by atoms with Gasteiger partial charge < -0.3 is 10.1 Å². The lowest BCUT2D eigenvalue weighted by molar-refractivity contribution is -0.120. The third kappa shape index (κ3) is 5.83. The van der Waals surface area contributed by atoms with Crippen molar-refractivity contribution in [2.45, 2.75) is 44.4 Å². The lowest BCUT2D eigenvalue weighted by Crippen LogP contribution is -2.27. The molecule has 1 amide bonds. The van der Waals surface area contributed by atoms with Crippen LogP contribution in [-0.4, -0.2) is 19.6 Å². The van der Waals surface area contributed by atoms with Crippen LogP contribution in [0.3, 0.4) is 0 Å². The van der Waals surface area contributed by atoms with E-state index in [4.69, 9.17) is 16.3 Å². The third-order valence-electron chi connectivity index (χ3n) is 3.22. The topological polar surface area (TPSA) is 38.3 Å². The monoisotopic (exact) mass is 297 g/mol. The van der Waals surface area contributed by atoms with Crippen molar-refractivity contribution in [3.63, 3.8) is 0 Å². The zero-order valence-corrected chi connectivity index (χ0v) is 13.1. The first-order valence-electron chi connectivity index (χ1n) is 7.24. The summed E-state index contributed by atoms with van der Waals surface area (Å²) in [6, 6.07) is 7.25. The summed E-state index contributed by atoms with van der Waals surface area (Å²) in [5.41, 5.74) is 0.788. The number of nitrogens with one attached hydrogen (secondary N) is 1. The number of hydrogen-bond donors (Lipinski definition) is 1. The fourth-order valence-corrected chi connectivity index (χ4v) is 2.18. The van der Waals surface area contributed by atoms with Gasteiger partial charge in [-0.25, -0.2) is 0 Å². The third-order valence-corrected chi connectivity index (χ3v) is 3.67. The van der Waals surface area contributed by atoms with Gasteiger partial charge in [-0.05, 0) is 24.1 Å². The second kappa shape index (κ2) is 9.65. The number of hydrogen-bond acceptors (Lipinski definition) is 2. The molecule has 1 unspecified atom stereocenters. The van der Waals surface area contributed by atoms with E-state index in [9.17, 15) is 4.79 Å². The molecule has 112 valence electrons. The number of carbonyl (C=O) groups is 1. The number of carbonyl (C=O) groups excluding carboxylic acids is 1. The zero-order valence-electron chi connectivity index (χ0n) is 12.3. The maximum absolute atomic E-state index is 11.9. The van der Waals surface area contributed by atoms with Crippen molar-refractivity contribution in [1.29, 1.82) is 0 Å². The molecule has 0 heterocycles. The van der Waals surface area contributed by atoms with E-state index in [1.807, 2.05) is 24.3 Å². The summed E-state index contributed by atoms with van der Waals surface area (Å²) in [6.45, 7) is 2.89. The lowest BCUT2D eigenvalue weighted by atomic mass is 10.1. The van der Waals surface area contributed by atoms with Crippen molar-refractivity contribution in [1.82, 2.24) is 5.32 Å². The number of unbranched alkanes of at least 4 members (excludes halogenated alkanes) is 4. The quantitative estimate of drug-likeness (QED) is 0.551. The maximum atomic E-state index is 11.9. The van der Waals surface area contributed by atoms with Crippen molar-refractivity contribution >= 4 is 17.5 Å². The van der Waals surface area contributed by atoms with Gasteiger partial charge in [-0.2, -0.15) is 0 Å². The Bertz CT molecular complexity index is 392. The van der Waals surface area contributed by atoms with Gasteiger partial charge in [-0.1, -0.05) is 44.7 Å². The van der Waals surface area contributed by atoms with Gasteiger partial charge in [0, 0.05) is 6.54 Å². The van der Waals surface area contributed by atoms with Gasteiger partial charge in [-0.3, -0.25) is 4.79 Å². The number of amides is 1. The summed E-state index contributed by atoms with van der Waals surface area (Å²) >= 11 is 6.16. The van der Waals surface area contributed by atoms with Crippen LogP contribution in [0.25, 0.3) is 0 Å². The van der Waals surface area contributed by atoms with Crippen LogP contribution in [0.5, 0.6) is 5.75 Å². The average Bonchev–Trinajstić information content (AvgIpc) is 2.50. The molecule has 0 aliphatic heterocycles. The first-order valence-corrected chi connectivity index (χ1v) is 7.68. The largest absolute Gasteiger partial charge is 0.497 e. The molecule has 1 rings (SSSR count). The molecule has 0 radical (unpaired) electrons. The van der Waals surface area contributed by atoms with Crippen LogP contribution in [0.15, 0.2) is 24.3 Å².